The number of hydrogen-bond acceptors (Lipinski definition) is 2. The van der Waals surface area contributed by atoms with Crippen molar-refractivity contribution in [1.82, 2.24) is 0 Å². The minimum absolute atomic E-state index is 0. The molecule has 1 rings (SSSR count). The quantitative estimate of drug-likeness (QED) is 0.576. The standard InChI is InChI=1S/C9H8O3.Ca/c10-8(9(11)12)6-7-4-2-1-3-5-7;/h1-5H,6H2,(H,11,12);. The molecule has 0 heterocycles. The molecule has 2 radical (unpaired) electrons. The summed E-state index contributed by atoms with van der Waals surface area (Å²) in [5, 5.41) is 8.29. The molecule has 0 fully saturated rings. The van der Waals surface area contributed by atoms with E-state index >= 15 is 0 Å². The molecule has 0 saturated heterocycles. The number of rotatable bonds is 3. The molecular formula is C9H8CaO3. The van der Waals surface area contributed by atoms with E-state index in [1.165, 1.54) is 0 Å². The Bertz CT molecular complexity index is 295. The Balaban J connectivity index is 0.00000144. The van der Waals surface area contributed by atoms with Crippen LogP contribution in [0.1, 0.15) is 5.56 Å². The van der Waals surface area contributed by atoms with Gasteiger partial charge in [0.05, 0.1) is 0 Å². The van der Waals surface area contributed by atoms with Crippen LogP contribution in [0.25, 0.3) is 0 Å². The third-order valence-corrected chi connectivity index (χ3v) is 1.45. The van der Waals surface area contributed by atoms with Crippen LogP contribution in [0.4, 0.5) is 0 Å². The summed E-state index contributed by atoms with van der Waals surface area (Å²) in [4.78, 5) is 20.9. The van der Waals surface area contributed by atoms with Gasteiger partial charge in [0.25, 0.3) is 0 Å². The van der Waals surface area contributed by atoms with Crippen molar-refractivity contribution in [2.75, 3.05) is 0 Å². The molecule has 0 amide bonds. The minimum Gasteiger partial charge on any atom is -0.475 e. The van der Waals surface area contributed by atoms with E-state index in [9.17, 15) is 9.59 Å². The Kier molecular flexibility index (Phi) is 5.95. The summed E-state index contributed by atoms with van der Waals surface area (Å²) in [6.45, 7) is 0. The maximum absolute atomic E-state index is 10.7. The van der Waals surface area contributed by atoms with Gasteiger partial charge in [0.15, 0.2) is 0 Å². The maximum atomic E-state index is 10.7. The molecule has 0 spiro atoms. The van der Waals surface area contributed by atoms with Crippen LogP contribution < -0.4 is 0 Å². The van der Waals surface area contributed by atoms with Gasteiger partial charge >= 0.3 is 5.97 Å². The van der Waals surface area contributed by atoms with Crippen molar-refractivity contribution >= 4 is 49.5 Å². The molecule has 0 unspecified atom stereocenters. The smallest absolute Gasteiger partial charge is 0.372 e. The number of hydrogen-bond donors (Lipinski definition) is 1. The molecule has 0 aliphatic rings. The van der Waals surface area contributed by atoms with E-state index in [1.54, 1.807) is 24.3 Å². The third-order valence-electron chi connectivity index (χ3n) is 1.45. The van der Waals surface area contributed by atoms with E-state index in [0.29, 0.717) is 0 Å². The van der Waals surface area contributed by atoms with Gasteiger partial charge in [-0.3, -0.25) is 4.79 Å². The van der Waals surface area contributed by atoms with Crippen LogP contribution in [0.5, 0.6) is 0 Å². The summed E-state index contributed by atoms with van der Waals surface area (Å²) >= 11 is 0. The first-order valence-electron chi connectivity index (χ1n) is 3.50. The molecule has 0 atom stereocenters. The minimum atomic E-state index is -1.38. The largest absolute Gasteiger partial charge is 0.475 e. The van der Waals surface area contributed by atoms with E-state index < -0.39 is 11.8 Å². The van der Waals surface area contributed by atoms with Gasteiger partial charge in [0.1, 0.15) is 0 Å². The molecule has 1 aromatic carbocycles. The third kappa shape index (κ3) is 4.41. The summed E-state index contributed by atoms with van der Waals surface area (Å²) in [5.41, 5.74) is 0.727. The zero-order valence-electron chi connectivity index (χ0n) is 7.06. The van der Waals surface area contributed by atoms with Gasteiger partial charge in [-0.1, -0.05) is 30.3 Å². The Morgan fingerprint density at radius 1 is 1.15 bits per heavy atom. The Morgan fingerprint density at radius 3 is 2.15 bits per heavy atom. The van der Waals surface area contributed by atoms with Crippen LogP contribution in [0.3, 0.4) is 0 Å². The summed E-state index contributed by atoms with van der Waals surface area (Å²) in [6, 6.07) is 8.80. The SMILES string of the molecule is O=C(O)C(=O)Cc1ccccc1.[Ca]. The molecule has 0 aliphatic heterocycles. The van der Waals surface area contributed by atoms with Gasteiger partial charge in [-0.15, -0.1) is 0 Å². The van der Waals surface area contributed by atoms with Gasteiger partial charge in [-0.25, -0.2) is 4.79 Å². The number of carbonyl (C=O) groups is 2. The molecule has 0 bridgehead atoms. The predicted molar refractivity (Wildman–Crippen MR) is 48.5 cm³/mol. The molecular weight excluding hydrogens is 196 g/mol. The molecule has 3 nitrogen and oxygen atoms in total. The van der Waals surface area contributed by atoms with Gasteiger partial charge in [-0.2, -0.15) is 0 Å². The summed E-state index contributed by atoms with van der Waals surface area (Å²) < 4.78 is 0. The zero-order chi connectivity index (χ0) is 8.97. The van der Waals surface area contributed by atoms with Crippen LogP contribution >= 0.6 is 0 Å². The van der Waals surface area contributed by atoms with E-state index in [1.807, 2.05) is 6.07 Å². The number of Topliss-reactive ketones (excluding diaryl/α,β-unsaturated/α-hetero) is 1. The molecule has 0 aliphatic carbocycles. The van der Waals surface area contributed by atoms with E-state index in [4.69, 9.17) is 5.11 Å². The van der Waals surface area contributed by atoms with Crippen LogP contribution in [0.15, 0.2) is 30.3 Å². The van der Waals surface area contributed by atoms with Crippen molar-refractivity contribution in [3.05, 3.63) is 35.9 Å². The van der Waals surface area contributed by atoms with Gasteiger partial charge in [0.2, 0.25) is 5.78 Å². The topological polar surface area (TPSA) is 54.4 Å². The van der Waals surface area contributed by atoms with Crippen LogP contribution in [-0.4, -0.2) is 54.6 Å². The second kappa shape index (κ2) is 6.13. The first kappa shape index (κ1) is 12.6. The van der Waals surface area contributed by atoms with Crippen molar-refractivity contribution < 1.29 is 14.7 Å². The number of aliphatic carboxylic acids is 1. The predicted octanol–water partition coefficient (Wildman–Crippen LogP) is 0.502. The fraction of sp³-hybridized carbons (Fsp3) is 0.111. The van der Waals surface area contributed by atoms with E-state index in [2.05, 4.69) is 0 Å². The normalized spacial score (nSPS) is 8.62. The first-order chi connectivity index (χ1) is 5.70. The van der Waals surface area contributed by atoms with Crippen LogP contribution in [0, 0.1) is 0 Å². The second-order valence-corrected chi connectivity index (χ2v) is 2.39. The van der Waals surface area contributed by atoms with E-state index in [0.717, 1.165) is 5.56 Å². The van der Waals surface area contributed by atoms with Crippen molar-refractivity contribution in [3.8, 4) is 0 Å². The average molecular weight is 204 g/mol. The van der Waals surface area contributed by atoms with Crippen LogP contribution in [0.2, 0.25) is 0 Å². The number of benzene rings is 1. The zero-order valence-corrected chi connectivity index (χ0v) is 9.27. The van der Waals surface area contributed by atoms with Gasteiger partial charge in [-0.05, 0) is 5.56 Å². The Morgan fingerprint density at radius 2 is 1.69 bits per heavy atom. The fourth-order valence-corrected chi connectivity index (χ4v) is 0.857. The molecule has 64 valence electrons. The number of carboxylic acids is 1. The molecule has 1 N–H and O–H groups in total. The maximum Gasteiger partial charge on any atom is 0.372 e. The van der Waals surface area contributed by atoms with Crippen molar-refractivity contribution in [1.29, 1.82) is 0 Å². The monoisotopic (exact) mass is 204 g/mol. The molecule has 0 saturated carbocycles. The van der Waals surface area contributed by atoms with Gasteiger partial charge in [0, 0.05) is 44.2 Å². The fourth-order valence-electron chi connectivity index (χ4n) is 0.857. The molecule has 1 aromatic rings. The number of carboxylic acid groups (broad SMARTS) is 1. The van der Waals surface area contributed by atoms with E-state index in [-0.39, 0.29) is 44.2 Å². The van der Waals surface area contributed by atoms with Crippen LogP contribution in [-0.2, 0) is 16.0 Å². The summed E-state index contributed by atoms with van der Waals surface area (Å²) in [7, 11) is 0. The molecule has 4 heteroatoms. The van der Waals surface area contributed by atoms with Crippen molar-refractivity contribution in [3.63, 3.8) is 0 Å². The number of ketones is 1. The van der Waals surface area contributed by atoms with Gasteiger partial charge < -0.3 is 5.11 Å². The first-order valence-corrected chi connectivity index (χ1v) is 3.50. The van der Waals surface area contributed by atoms with Crippen molar-refractivity contribution in [2.24, 2.45) is 0 Å². The second-order valence-electron chi connectivity index (χ2n) is 2.39. The van der Waals surface area contributed by atoms with Crippen molar-refractivity contribution in [2.45, 2.75) is 6.42 Å². The number of carbonyl (C=O) groups excluding carboxylic acids is 1. The molecule has 0 aromatic heterocycles. The molecule has 13 heavy (non-hydrogen) atoms. The summed E-state index contributed by atoms with van der Waals surface area (Å²) in [5.74, 6) is -2.15. The Labute approximate surface area is 106 Å². The average Bonchev–Trinajstić information content (AvgIpc) is 2.06. The Hall–Kier alpha value is -0.380. The summed E-state index contributed by atoms with van der Waals surface area (Å²) in [6.07, 6.45) is -0.0316.